The second kappa shape index (κ2) is 5.54. The van der Waals surface area contributed by atoms with Crippen molar-refractivity contribution in [2.24, 2.45) is 0 Å². The number of aliphatic hydroxyl groups is 1. The average Bonchev–Trinajstić information content (AvgIpc) is 2.41. The minimum Gasteiger partial charge on any atom is -0.397 e. The predicted octanol–water partition coefficient (Wildman–Crippen LogP) is 2.57. The Morgan fingerprint density at radius 3 is 2.37 bits per heavy atom. The molecule has 0 saturated heterocycles. The van der Waals surface area contributed by atoms with Gasteiger partial charge in [0, 0.05) is 5.56 Å². The fourth-order valence-electron chi connectivity index (χ4n) is 1.72. The normalized spacial score (nSPS) is 11.9. The molecule has 0 radical (unpaired) electrons. The molecule has 4 heteroatoms. The lowest BCUT2D eigenvalue weighted by Crippen LogP contribution is -2.13. The number of nitrogens with two attached hydrogens (primary N) is 1. The second-order valence-electron chi connectivity index (χ2n) is 4.34. The number of aliphatic hydroxyl groups excluding tert-OH is 1. The Hall–Kier alpha value is -2.33. The van der Waals surface area contributed by atoms with E-state index in [1.54, 1.807) is 43.3 Å². The molecule has 0 bridgehead atoms. The molecule has 2 rings (SSSR count). The van der Waals surface area contributed by atoms with Gasteiger partial charge in [0.15, 0.2) is 0 Å². The highest BCUT2D eigenvalue weighted by Crippen LogP contribution is 2.18. The number of carbonyl (C=O) groups excluding carboxylic acids is 1. The van der Waals surface area contributed by atoms with Crippen LogP contribution in [0.25, 0.3) is 0 Å². The molecule has 1 amide bonds. The van der Waals surface area contributed by atoms with Crippen LogP contribution in [0.2, 0.25) is 0 Å². The molecule has 19 heavy (non-hydrogen) atoms. The maximum atomic E-state index is 12.0. The number of hydrogen-bond donors (Lipinski definition) is 3. The van der Waals surface area contributed by atoms with Crippen molar-refractivity contribution in [3.05, 3.63) is 59.7 Å². The van der Waals surface area contributed by atoms with Crippen LogP contribution >= 0.6 is 0 Å². The third-order valence-electron chi connectivity index (χ3n) is 2.86. The minimum atomic E-state index is -0.540. The van der Waals surface area contributed by atoms with Gasteiger partial charge in [0.1, 0.15) is 0 Å². The van der Waals surface area contributed by atoms with E-state index in [9.17, 15) is 9.90 Å². The van der Waals surface area contributed by atoms with E-state index in [2.05, 4.69) is 5.32 Å². The number of anilines is 2. The molecule has 0 heterocycles. The lowest BCUT2D eigenvalue weighted by molar-refractivity contribution is 0.102. The van der Waals surface area contributed by atoms with Gasteiger partial charge in [0.2, 0.25) is 0 Å². The molecule has 1 atom stereocenters. The molecule has 98 valence electrons. The van der Waals surface area contributed by atoms with E-state index < -0.39 is 6.10 Å². The number of rotatable bonds is 3. The Bertz CT molecular complexity index is 577. The molecular weight excluding hydrogens is 240 g/mol. The lowest BCUT2D eigenvalue weighted by atomic mass is 10.1. The zero-order valence-electron chi connectivity index (χ0n) is 10.6. The molecule has 2 aromatic carbocycles. The van der Waals surface area contributed by atoms with Gasteiger partial charge in [-0.1, -0.05) is 24.3 Å². The van der Waals surface area contributed by atoms with Crippen molar-refractivity contribution >= 4 is 17.3 Å². The van der Waals surface area contributed by atoms with Gasteiger partial charge in [-0.25, -0.2) is 0 Å². The largest absolute Gasteiger partial charge is 0.397 e. The van der Waals surface area contributed by atoms with Gasteiger partial charge in [0.05, 0.1) is 17.5 Å². The first kappa shape index (κ1) is 13.1. The zero-order valence-corrected chi connectivity index (χ0v) is 10.6. The number of nitrogens with one attached hydrogen (secondary N) is 1. The molecule has 0 aliphatic carbocycles. The van der Waals surface area contributed by atoms with Crippen LogP contribution in [0.5, 0.6) is 0 Å². The van der Waals surface area contributed by atoms with Gasteiger partial charge >= 0.3 is 0 Å². The van der Waals surface area contributed by atoms with Crippen LogP contribution in [-0.2, 0) is 0 Å². The molecule has 2 aromatic rings. The topological polar surface area (TPSA) is 75.3 Å². The first-order chi connectivity index (χ1) is 9.08. The molecule has 0 fully saturated rings. The van der Waals surface area contributed by atoms with Crippen LogP contribution < -0.4 is 11.1 Å². The highest BCUT2D eigenvalue weighted by molar-refractivity contribution is 6.05. The first-order valence-corrected chi connectivity index (χ1v) is 6.02. The molecule has 0 spiro atoms. The van der Waals surface area contributed by atoms with Crippen molar-refractivity contribution in [1.82, 2.24) is 0 Å². The molecule has 0 aliphatic heterocycles. The molecule has 4 nitrogen and oxygen atoms in total. The van der Waals surface area contributed by atoms with Crippen molar-refractivity contribution in [3.8, 4) is 0 Å². The third-order valence-corrected chi connectivity index (χ3v) is 2.86. The fourth-order valence-corrected chi connectivity index (χ4v) is 1.72. The van der Waals surface area contributed by atoms with Crippen LogP contribution in [0.1, 0.15) is 28.9 Å². The predicted molar refractivity (Wildman–Crippen MR) is 75.9 cm³/mol. The third kappa shape index (κ3) is 3.11. The molecule has 1 unspecified atom stereocenters. The highest BCUT2D eigenvalue weighted by Gasteiger charge is 2.08. The Morgan fingerprint density at radius 1 is 1.16 bits per heavy atom. The Balaban J connectivity index is 2.14. The highest BCUT2D eigenvalue weighted by atomic mass is 16.3. The number of para-hydroxylation sites is 2. The average molecular weight is 256 g/mol. The van der Waals surface area contributed by atoms with E-state index in [0.29, 0.717) is 16.9 Å². The summed E-state index contributed by atoms with van der Waals surface area (Å²) in [6.07, 6.45) is -0.540. The van der Waals surface area contributed by atoms with Gasteiger partial charge in [-0.3, -0.25) is 4.79 Å². The molecule has 0 aliphatic rings. The summed E-state index contributed by atoms with van der Waals surface area (Å²) < 4.78 is 0. The number of benzene rings is 2. The first-order valence-electron chi connectivity index (χ1n) is 6.02. The van der Waals surface area contributed by atoms with Gasteiger partial charge in [-0.15, -0.1) is 0 Å². The monoisotopic (exact) mass is 256 g/mol. The Labute approximate surface area is 111 Å². The van der Waals surface area contributed by atoms with Crippen LogP contribution in [0, 0.1) is 0 Å². The van der Waals surface area contributed by atoms with Gasteiger partial charge in [-0.05, 0) is 36.8 Å². The maximum Gasteiger partial charge on any atom is 0.255 e. The summed E-state index contributed by atoms with van der Waals surface area (Å²) in [5, 5.41) is 12.2. The summed E-state index contributed by atoms with van der Waals surface area (Å²) in [5.74, 6) is -0.227. The van der Waals surface area contributed by atoms with Crippen molar-refractivity contribution in [2.75, 3.05) is 11.1 Å². The fraction of sp³-hybridized carbons (Fsp3) is 0.133. The summed E-state index contributed by atoms with van der Waals surface area (Å²) in [7, 11) is 0. The lowest BCUT2D eigenvalue weighted by Gasteiger charge is -2.09. The van der Waals surface area contributed by atoms with Gasteiger partial charge in [-0.2, -0.15) is 0 Å². The van der Waals surface area contributed by atoms with Gasteiger partial charge in [0.25, 0.3) is 5.91 Å². The van der Waals surface area contributed by atoms with E-state index >= 15 is 0 Å². The summed E-state index contributed by atoms with van der Waals surface area (Å²) in [6, 6.07) is 13.9. The summed E-state index contributed by atoms with van der Waals surface area (Å²) in [5.41, 5.74) is 8.17. The van der Waals surface area contributed by atoms with E-state index in [4.69, 9.17) is 5.73 Å². The van der Waals surface area contributed by atoms with Crippen LogP contribution in [-0.4, -0.2) is 11.0 Å². The number of nitrogen functional groups attached to an aromatic ring is 1. The SMILES string of the molecule is CC(O)c1ccc(C(=O)Nc2ccccc2N)cc1. The standard InChI is InChI=1S/C15H16N2O2/c1-10(18)11-6-8-12(9-7-11)15(19)17-14-5-3-2-4-13(14)16/h2-10,18H,16H2,1H3,(H,17,19). The molecule has 4 N–H and O–H groups in total. The quantitative estimate of drug-likeness (QED) is 0.739. The Kier molecular flexibility index (Phi) is 3.82. The van der Waals surface area contributed by atoms with Crippen molar-refractivity contribution in [2.45, 2.75) is 13.0 Å². The molecular formula is C15H16N2O2. The number of amides is 1. The van der Waals surface area contributed by atoms with Crippen molar-refractivity contribution in [1.29, 1.82) is 0 Å². The molecule has 0 aromatic heterocycles. The summed E-state index contributed by atoms with van der Waals surface area (Å²) >= 11 is 0. The summed E-state index contributed by atoms with van der Waals surface area (Å²) in [6.45, 7) is 1.68. The Morgan fingerprint density at radius 2 is 1.79 bits per heavy atom. The zero-order chi connectivity index (χ0) is 13.8. The summed E-state index contributed by atoms with van der Waals surface area (Å²) in [4.78, 5) is 12.0. The smallest absolute Gasteiger partial charge is 0.255 e. The van der Waals surface area contributed by atoms with Crippen molar-refractivity contribution in [3.63, 3.8) is 0 Å². The molecule has 0 saturated carbocycles. The van der Waals surface area contributed by atoms with Crippen molar-refractivity contribution < 1.29 is 9.90 Å². The second-order valence-corrected chi connectivity index (χ2v) is 4.34. The van der Waals surface area contributed by atoms with E-state index in [1.165, 1.54) is 0 Å². The number of carbonyl (C=O) groups is 1. The number of hydrogen-bond acceptors (Lipinski definition) is 3. The van der Waals surface area contributed by atoms with E-state index in [1.807, 2.05) is 12.1 Å². The van der Waals surface area contributed by atoms with E-state index in [-0.39, 0.29) is 5.91 Å². The van der Waals surface area contributed by atoms with Crippen LogP contribution in [0.3, 0.4) is 0 Å². The van der Waals surface area contributed by atoms with Crippen LogP contribution in [0.4, 0.5) is 11.4 Å². The van der Waals surface area contributed by atoms with Gasteiger partial charge < -0.3 is 16.2 Å². The van der Waals surface area contributed by atoms with E-state index in [0.717, 1.165) is 5.56 Å². The minimum absolute atomic E-state index is 0.227. The van der Waals surface area contributed by atoms with Crippen LogP contribution in [0.15, 0.2) is 48.5 Å². The maximum absolute atomic E-state index is 12.0.